The fourth-order valence-electron chi connectivity index (χ4n) is 2.67. The second-order valence-corrected chi connectivity index (χ2v) is 6.04. The van der Waals surface area contributed by atoms with Crippen LogP contribution in [0.5, 0.6) is 5.75 Å². The first-order valence-electron chi connectivity index (χ1n) is 8.69. The van der Waals surface area contributed by atoms with Crippen molar-refractivity contribution in [1.82, 2.24) is 9.91 Å². The van der Waals surface area contributed by atoms with Crippen LogP contribution >= 0.6 is 0 Å². The second-order valence-electron chi connectivity index (χ2n) is 6.04. The van der Waals surface area contributed by atoms with Crippen molar-refractivity contribution in [1.29, 1.82) is 0 Å². The molecule has 1 aromatic rings. The van der Waals surface area contributed by atoms with Crippen molar-refractivity contribution < 1.29 is 29.2 Å². The van der Waals surface area contributed by atoms with Gasteiger partial charge in [0.2, 0.25) is 11.0 Å². The Bertz CT molecular complexity index is 829. The van der Waals surface area contributed by atoms with Crippen LogP contribution in [0, 0.1) is 32.4 Å². The van der Waals surface area contributed by atoms with Gasteiger partial charge in [0.05, 0.1) is 40.6 Å². The number of aryl methyl sites for hydroxylation is 1. The largest absolute Gasteiger partial charge is 0.569 e. The Morgan fingerprint density at radius 2 is 1.79 bits per heavy atom. The third kappa shape index (κ3) is 5.40. The highest BCUT2D eigenvalue weighted by molar-refractivity contribution is 5.67. The molecule has 0 spiro atoms. The van der Waals surface area contributed by atoms with E-state index in [1.165, 1.54) is 16.8 Å². The molecule has 1 aliphatic heterocycles. The molecule has 0 radical (unpaired) electrons. The molecule has 1 amide bonds. The van der Waals surface area contributed by atoms with E-state index in [0.29, 0.717) is 13.0 Å². The lowest BCUT2D eigenvalue weighted by atomic mass is 10.1. The predicted molar refractivity (Wildman–Crippen MR) is 96.0 cm³/mol. The first kappa shape index (κ1) is 21.6. The lowest BCUT2D eigenvalue weighted by molar-refractivity contribution is -0.706. The van der Waals surface area contributed by atoms with Crippen molar-refractivity contribution in [3.05, 3.63) is 43.1 Å². The van der Waals surface area contributed by atoms with Crippen molar-refractivity contribution >= 4 is 17.5 Å². The lowest BCUT2D eigenvalue weighted by Gasteiger charge is -2.19. The number of nitro benzene ring substituents is 2. The summed E-state index contributed by atoms with van der Waals surface area (Å²) in [7, 11) is 0. The van der Waals surface area contributed by atoms with E-state index in [9.17, 15) is 30.2 Å². The fourth-order valence-corrected chi connectivity index (χ4v) is 2.67. The molecule has 0 aliphatic carbocycles. The summed E-state index contributed by atoms with van der Waals surface area (Å²) >= 11 is 0. The molecule has 0 bridgehead atoms. The normalized spacial score (nSPS) is 14.9. The molecule has 0 unspecified atom stereocenters. The number of carbonyl (C=O) groups excluding carboxylic acids is 1. The summed E-state index contributed by atoms with van der Waals surface area (Å²) in [6, 6.07) is 1.82. The fraction of sp³-hybridized carbons (Fsp3) is 0.533. The lowest BCUT2D eigenvalue weighted by Crippen LogP contribution is -2.37. The van der Waals surface area contributed by atoms with Crippen molar-refractivity contribution in [3.8, 4) is 5.75 Å². The summed E-state index contributed by atoms with van der Waals surface area (Å²) in [6.07, 6.45) is 0.00102. The number of nitrogens with zero attached hydrogens (tertiary/aromatic N) is 6. The summed E-state index contributed by atoms with van der Waals surface area (Å²) in [5, 5.41) is 38.9. The van der Waals surface area contributed by atoms with E-state index in [0.717, 1.165) is 12.1 Å². The van der Waals surface area contributed by atoms with E-state index in [2.05, 4.69) is 5.28 Å². The SMILES string of the molecule is CCOC(=O)N1CCCN(/[N+]([O-])=N/Oc2cc(C)c([N+](=O)[O-])cc2[N+](=O)[O-])CC1. The Kier molecular flexibility index (Phi) is 7.05. The van der Waals surface area contributed by atoms with E-state index in [-0.39, 0.29) is 36.8 Å². The van der Waals surface area contributed by atoms with Crippen LogP contribution in [0.15, 0.2) is 17.4 Å². The molecule has 0 atom stereocenters. The zero-order chi connectivity index (χ0) is 21.6. The highest BCUT2D eigenvalue weighted by atomic mass is 16.7. The monoisotopic (exact) mass is 412 g/mol. The molecule has 0 saturated carbocycles. The van der Waals surface area contributed by atoms with E-state index in [1.807, 2.05) is 0 Å². The molecule has 0 N–H and O–H groups in total. The Morgan fingerprint density at radius 1 is 1.10 bits per heavy atom. The average Bonchev–Trinajstić information content (AvgIpc) is 2.92. The standard InChI is InChI=1S/C15H20N6O8/c1-3-28-15(22)17-5-4-6-18(8-7-17)21(27)16-29-14-9-11(2)12(19(23)24)10-13(14)20(25)26/h9-10H,3-8H2,1-2H3/b21-16-. The van der Waals surface area contributed by atoms with Crippen LogP contribution in [-0.2, 0) is 4.74 Å². The van der Waals surface area contributed by atoms with Gasteiger partial charge in [-0.2, -0.15) is 0 Å². The Balaban J connectivity index is 2.13. The highest BCUT2D eigenvalue weighted by Crippen LogP contribution is 2.34. The van der Waals surface area contributed by atoms with Crippen molar-refractivity contribution in [2.45, 2.75) is 20.3 Å². The zero-order valence-electron chi connectivity index (χ0n) is 15.8. The van der Waals surface area contributed by atoms with Crippen molar-refractivity contribution in [3.63, 3.8) is 0 Å². The molecule has 1 fully saturated rings. The minimum atomic E-state index is -0.865. The molecule has 2 rings (SSSR count). The minimum Gasteiger partial charge on any atom is -0.569 e. The topological polar surface area (TPSA) is 167 Å². The second kappa shape index (κ2) is 9.48. The van der Waals surface area contributed by atoms with Gasteiger partial charge >= 0.3 is 11.8 Å². The molecule has 1 aromatic carbocycles. The van der Waals surface area contributed by atoms with Gasteiger partial charge in [-0.25, -0.2) is 4.79 Å². The Morgan fingerprint density at radius 3 is 2.41 bits per heavy atom. The third-order valence-electron chi connectivity index (χ3n) is 4.12. The van der Waals surface area contributed by atoms with Gasteiger partial charge in [-0.1, -0.05) is 0 Å². The van der Waals surface area contributed by atoms with Gasteiger partial charge in [0, 0.05) is 24.7 Å². The van der Waals surface area contributed by atoms with Gasteiger partial charge in [0.25, 0.3) is 5.69 Å². The van der Waals surface area contributed by atoms with Crippen LogP contribution in [0.2, 0.25) is 0 Å². The molecule has 1 heterocycles. The number of hydrogen-bond donors (Lipinski definition) is 0. The number of ether oxygens (including phenoxy) is 1. The van der Waals surface area contributed by atoms with E-state index < -0.39 is 33.1 Å². The van der Waals surface area contributed by atoms with E-state index >= 15 is 0 Å². The third-order valence-corrected chi connectivity index (χ3v) is 4.12. The van der Waals surface area contributed by atoms with Gasteiger partial charge in [0.15, 0.2) is 0 Å². The average molecular weight is 412 g/mol. The quantitative estimate of drug-likeness (QED) is 0.294. The number of hydrazine groups is 1. The van der Waals surface area contributed by atoms with Gasteiger partial charge in [-0.05, 0) is 20.3 Å². The van der Waals surface area contributed by atoms with Crippen LogP contribution in [-0.4, -0.2) is 63.6 Å². The van der Waals surface area contributed by atoms with Crippen molar-refractivity contribution in [2.75, 3.05) is 32.8 Å². The number of nitro groups is 2. The van der Waals surface area contributed by atoms with Crippen molar-refractivity contribution in [2.24, 2.45) is 5.28 Å². The molecular weight excluding hydrogens is 392 g/mol. The maximum Gasteiger partial charge on any atom is 0.409 e. The predicted octanol–water partition coefficient (Wildman–Crippen LogP) is 2.15. The zero-order valence-corrected chi connectivity index (χ0v) is 15.8. The molecule has 1 saturated heterocycles. The first-order valence-corrected chi connectivity index (χ1v) is 8.69. The molecule has 158 valence electrons. The van der Waals surface area contributed by atoms with Crippen LogP contribution in [0.3, 0.4) is 0 Å². The molecule has 14 nitrogen and oxygen atoms in total. The number of benzene rings is 1. The van der Waals surface area contributed by atoms with Crippen LogP contribution in [0.4, 0.5) is 16.2 Å². The van der Waals surface area contributed by atoms with Gasteiger partial charge in [-0.3, -0.25) is 25.1 Å². The smallest absolute Gasteiger partial charge is 0.409 e. The van der Waals surface area contributed by atoms with E-state index in [1.54, 1.807) is 6.92 Å². The maximum absolute atomic E-state index is 12.2. The summed E-state index contributed by atoms with van der Waals surface area (Å²) in [5.41, 5.74) is -1.03. The summed E-state index contributed by atoms with van der Waals surface area (Å²) in [6.45, 7) is 4.35. The number of amides is 1. The summed E-state index contributed by atoms with van der Waals surface area (Å²) < 4.78 is 4.93. The summed E-state index contributed by atoms with van der Waals surface area (Å²) in [5.74, 6) is -0.401. The van der Waals surface area contributed by atoms with Gasteiger partial charge in [0.1, 0.15) is 0 Å². The molecule has 1 aliphatic rings. The number of hydrogen-bond acceptors (Lipinski definition) is 9. The molecule has 29 heavy (non-hydrogen) atoms. The van der Waals surface area contributed by atoms with E-state index in [4.69, 9.17) is 9.57 Å². The Labute approximate surface area is 164 Å². The number of carbonyl (C=O) groups is 1. The van der Waals surface area contributed by atoms with Crippen LogP contribution < -0.4 is 4.84 Å². The Hall–Kier alpha value is -3.71. The van der Waals surface area contributed by atoms with Crippen LogP contribution in [0.25, 0.3) is 0 Å². The van der Waals surface area contributed by atoms with Gasteiger partial charge in [-0.15, -0.1) is 5.01 Å². The molecule has 0 aromatic heterocycles. The highest BCUT2D eigenvalue weighted by Gasteiger charge is 2.26. The maximum atomic E-state index is 12.2. The number of rotatable bonds is 6. The van der Waals surface area contributed by atoms with Gasteiger partial charge < -0.3 is 14.8 Å². The first-order chi connectivity index (χ1) is 13.7. The molecular formula is C15H20N6O8. The van der Waals surface area contributed by atoms with Crippen LogP contribution in [0.1, 0.15) is 18.9 Å². The minimum absolute atomic E-state index is 0.114. The summed E-state index contributed by atoms with van der Waals surface area (Å²) in [4.78, 5) is 38.8. The molecule has 14 heteroatoms.